The Hall–Kier alpha value is -1.05. The summed E-state index contributed by atoms with van der Waals surface area (Å²) in [6.45, 7) is 0. The molecule has 70 valence electrons. The first-order chi connectivity index (χ1) is 6.40. The zero-order valence-corrected chi connectivity index (χ0v) is 7.75. The third-order valence-electron chi connectivity index (χ3n) is 2.90. The molecule has 2 heteroatoms. The molecule has 0 amide bonds. The SMILES string of the molecule is O=Cc1ccc(C2CCCCC2)[nH]1. The number of nitrogens with one attached hydrogen (secondary N) is 1. The Morgan fingerprint density at radius 2 is 2.00 bits per heavy atom. The Morgan fingerprint density at radius 1 is 1.23 bits per heavy atom. The van der Waals surface area contributed by atoms with Crippen molar-refractivity contribution in [2.75, 3.05) is 0 Å². The predicted molar refractivity (Wildman–Crippen MR) is 52.0 cm³/mol. The van der Waals surface area contributed by atoms with Gasteiger partial charge >= 0.3 is 0 Å². The Morgan fingerprint density at radius 3 is 2.62 bits per heavy atom. The number of aldehydes is 1. The molecule has 0 spiro atoms. The van der Waals surface area contributed by atoms with E-state index < -0.39 is 0 Å². The summed E-state index contributed by atoms with van der Waals surface area (Å²) in [5.74, 6) is 0.669. The van der Waals surface area contributed by atoms with Crippen molar-refractivity contribution in [3.05, 3.63) is 23.5 Å². The van der Waals surface area contributed by atoms with E-state index in [0.29, 0.717) is 11.6 Å². The van der Waals surface area contributed by atoms with Crippen LogP contribution >= 0.6 is 0 Å². The van der Waals surface area contributed by atoms with E-state index in [2.05, 4.69) is 11.1 Å². The van der Waals surface area contributed by atoms with E-state index in [1.165, 1.54) is 37.8 Å². The number of rotatable bonds is 2. The third-order valence-corrected chi connectivity index (χ3v) is 2.90. The Balaban J connectivity index is 2.09. The van der Waals surface area contributed by atoms with Crippen molar-refractivity contribution < 1.29 is 4.79 Å². The van der Waals surface area contributed by atoms with E-state index >= 15 is 0 Å². The van der Waals surface area contributed by atoms with Gasteiger partial charge in [-0.25, -0.2) is 0 Å². The van der Waals surface area contributed by atoms with Crippen LogP contribution in [0.1, 0.15) is 54.2 Å². The molecule has 0 atom stereocenters. The summed E-state index contributed by atoms with van der Waals surface area (Å²) in [6, 6.07) is 3.93. The van der Waals surface area contributed by atoms with E-state index in [1.807, 2.05) is 6.07 Å². The van der Waals surface area contributed by atoms with Gasteiger partial charge in [0, 0.05) is 5.69 Å². The molecule has 1 aliphatic rings. The van der Waals surface area contributed by atoms with Crippen LogP contribution in [0.2, 0.25) is 0 Å². The number of aromatic nitrogens is 1. The number of hydrogen-bond acceptors (Lipinski definition) is 1. The second kappa shape index (κ2) is 3.77. The maximum absolute atomic E-state index is 10.5. The average Bonchev–Trinajstić information content (AvgIpc) is 2.67. The monoisotopic (exact) mass is 177 g/mol. The van der Waals surface area contributed by atoms with Gasteiger partial charge in [-0.1, -0.05) is 19.3 Å². The van der Waals surface area contributed by atoms with Crippen molar-refractivity contribution in [1.82, 2.24) is 4.98 Å². The Labute approximate surface area is 78.4 Å². The molecule has 0 unspecified atom stereocenters. The fourth-order valence-corrected chi connectivity index (χ4v) is 2.15. The molecule has 0 bridgehead atoms. The molecule has 0 aromatic carbocycles. The Kier molecular flexibility index (Phi) is 2.48. The number of H-pyrrole nitrogens is 1. The summed E-state index contributed by atoms with van der Waals surface area (Å²) >= 11 is 0. The van der Waals surface area contributed by atoms with Crippen LogP contribution < -0.4 is 0 Å². The highest BCUT2D eigenvalue weighted by molar-refractivity contribution is 5.72. The lowest BCUT2D eigenvalue weighted by Crippen LogP contribution is -2.04. The Bertz CT molecular complexity index is 284. The molecule has 2 nitrogen and oxygen atoms in total. The fourth-order valence-electron chi connectivity index (χ4n) is 2.15. The second-order valence-electron chi connectivity index (χ2n) is 3.82. The summed E-state index contributed by atoms with van der Waals surface area (Å²) in [5.41, 5.74) is 1.96. The van der Waals surface area contributed by atoms with Gasteiger partial charge in [0.15, 0.2) is 6.29 Å². The number of aromatic amines is 1. The van der Waals surface area contributed by atoms with Crippen molar-refractivity contribution in [1.29, 1.82) is 0 Å². The van der Waals surface area contributed by atoms with Crippen molar-refractivity contribution in [3.8, 4) is 0 Å². The van der Waals surface area contributed by atoms with Gasteiger partial charge in [0.05, 0.1) is 5.69 Å². The summed E-state index contributed by atoms with van der Waals surface area (Å²) in [5, 5.41) is 0. The fraction of sp³-hybridized carbons (Fsp3) is 0.545. The van der Waals surface area contributed by atoms with Crippen LogP contribution in [-0.4, -0.2) is 11.3 Å². The van der Waals surface area contributed by atoms with Gasteiger partial charge in [0.2, 0.25) is 0 Å². The van der Waals surface area contributed by atoms with Crippen molar-refractivity contribution in [2.45, 2.75) is 38.0 Å². The van der Waals surface area contributed by atoms with Gasteiger partial charge in [-0.15, -0.1) is 0 Å². The van der Waals surface area contributed by atoms with Crippen LogP contribution in [0.4, 0.5) is 0 Å². The van der Waals surface area contributed by atoms with E-state index in [9.17, 15) is 4.79 Å². The van der Waals surface area contributed by atoms with Crippen LogP contribution in [0.5, 0.6) is 0 Å². The molecular formula is C11H15NO. The van der Waals surface area contributed by atoms with E-state index in [-0.39, 0.29) is 0 Å². The molecule has 1 saturated carbocycles. The van der Waals surface area contributed by atoms with Gasteiger partial charge in [0.25, 0.3) is 0 Å². The molecule has 0 saturated heterocycles. The highest BCUT2D eigenvalue weighted by Gasteiger charge is 2.16. The molecule has 1 heterocycles. The maximum Gasteiger partial charge on any atom is 0.166 e. The van der Waals surface area contributed by atoms with Gasteiger partial charge in [-0.3, -0.25) is 4.79 Å². The van der Waals surface area contributed by atoms with E-state index in [4.69, 9.17) is 0 Å². The lowest BCUT2D eigenvalue weighted by atomic mass is 9.87. The highest BCUT2D eigenvalue weighted by atomic mass is 16.1. The van der Waals surface area contributed by atoms with Crippen molar-refractivity contribution in [3.63, 3.8) is 0 Å². The molecule has 1 N–H and O–H groups in total. The number of hydrogen-bond donors (Lipinski definition) is 1. The summed E-state index contributed by atoms with van der Waals surface area (Å²) in [4.78, 5) is 13.6. The smallest absolute Gasteiger partial charge is 0.166 e. The third kappa shape index (κ3) is 1.82. The topological polar surface area (TPSA) is 32.9 Å². The highest BCUT2D eigenvalue weighted by Crippen LogP contribution is 2.31. The summed E-state index contributed by atoms with van der Waals surface area (Å²) in [6.07, 6.45) is 7.47. The first-order valence-corrected chi connectivity index (χ1v) is 5.04. The van der Waals surface area contributed by atoms with E-state index in [1.54, 1.807) is 0 Å². The minimum atomic E-state index is 0.669. The lowest BCUT2D eigenvalue weighted by molar-refractivity contribution is 0.111. The minimum Gasteiger partial charge on any atom is -0.356 e. The normalized spacial score (nSPS) is 18.8. The molecule has 2 rings (SSSR count). The van der Waals surface area contributed by atoms with Crippen molar-refractivity contribution >= 4 is 6.29 Å². The second-order valence-corrected chi connectivity index (χ2v) is 3.82. The standard InChI is InChI=1S/C11H15NO/c13-8-10-6-7-11(12-10)9-4-2-1-3-5-9/h6-9,12H,1-5H2. The van der Waals surface area contributed by atoms with Gasteiger partial charge < -0.3 is 4.98 Å². The first kappa shape index (κ1) is 8.54. The molecule has 1 aromatic rings. The molecule has 1 aromatic heterocycles. The molecule has 1 fully saturated rings. The zero-order chi connectivity index (χ0) is 9.10. The number of carbonyl (C=O) groups is 1. The lowest BCUT2D eigenvalue weighted by Gasteiger charge is -2.20. The van der Waals surface area contributed by atoms with Crippen LogP contribution in [0, 0.1) is 0 Å². The van der Waals surface area contributed by atoms with Crippen LogP contribution in [0.15, 0.2) is 12.1 Å². The quantitative estimate of drug-likeness (QED) is 0.692. The maximum atomic E-state index is 10.5. The average molecular weight is 177 g/mol. The largest absolute Gasteiger partial charge is 0.356 e. The summed E-state index contributed by atoms with van der Waals surface area (Å²) in [7, 11) is 0. The van der Waals surface area contributed by atoms with Crippen molar-refractivity contribution in [2.24, 2.45) is 0 Å². The molecular weight excluding hydrogens is 162 g/mol. The zero-order valence-electron chi connectivity index (χ0n) is 7.75. The molecule has 0 radical (unpaired) electrons. The minimum absolute atomic E-state index is 0.669. The molecule has 1 aliphatic carbocycles. The first-order valence-electron chi connectivity index (χ1n) is 5.04. The molecule has 0 aliphatic heterocycles. The van der Waals surface area contributed by atoms with Gasteiger partial charge in [-0.05, 0) is 30.9 Å². The summed E-state index contributed by atoms with van der Waals surface area (Å²) < 4.78 is 0. The van der Waals surface area contributed by atoms with Crippen LogP contribution in [0.3, 0.4) is 0 Å². The predicted octanol–water partition coefficient (Wildman–Crippen LogP) is 2.87. The van der Waals surface area contributed by atoms with Gasteiger partial charge in [0.1, 0.15) is 0 Å². The van der Waals surface area contributed by atoms with E-state index in [0.717, 1.165) is 6.29 Å². The van der Waals surface area contributed by atoms with Gasteiger partial charge in [-0.2, -0.15) is 0 Å². The van der Waals surface area contributed by atoms with Crippen LogP contribution in [0.25, 0.3) is 0 Å². The number of carbonyl (C=O) groups excluding carboxylic acids is 1. The molecule has 13 heavy (non-hydrogen) atoms. The van der Waals surface area contributed by atoms with Crippen LogP contribution in [-0.2, 0) is 0 Å².